The molecule has 1 aromatic carbocycles. The van der Waals surface area contributed by atoms with Crippen LogP contribution in [0.15, 0.2) is 18.2 Å². The number of amides is 2. The van der Waals surface area contributed by atoms with Gasteiger partial charge in [0.05, 0.1) is 18.6 Å². The van der Waals surface area contributed by atoms with Gasteiger partial charge in [0.15, 0.2) is 0 Å². The zero-order valence-corrected chi connectivity index (χ0v) is 14.3. The molecule has 0 aromatic heterocycles. The molecule has 2 atom stereocenters. The van der Waals surface area contributed by atoms with Crippen LogP contribution in [0.25, 0.3) is 0 Å². The summed E-state index contributed by atoms with van der Waals surface area (Å²) in [5.74, 6) is -2.33. The second-order valence-electron chi connectivity index (χ2n) is 6.11. The van der Waals surface area contributed by atoms with Crippen molar-refractivity contribution >= 4 is 11.8 Å². The Morgan fingerprint density at radius 2 is 1.88 bits per heavy atom. The van der Waals surface area contributed by atoms with Crippen LogP contribution in [0.4, 0.5) is 8.78 Å². The highest BCUT2D eigenvalue weighted by Gasteiger charge is 2.25. The van der Waals surface area contributed by atoms with Gasteiger partial charge in [-0.3, -0.25) is 9.59 Å². The summed E-state index contributed by atoms with van der Waals surface area (Å²) in [6.45, 7) is 6.55. The quantitative estimate of drug-likeness (QED) is 0.798. The number of hydrogen-bond donors (Lipinski definition) is 2. The summed E-state index contributed by atoms with van der Waals surface area (Å²) in [5, 5.41) is 12.0. The van der Waals surface area contributed by atoms with Crippen LogP contribution in [0.5, 0.6) is 0 Å². The zero-order chi connectivity index (χ0) is 18.4. The van der Waals surface area contributed by atoms with Crippen molar-refractivity contribution in [2.45, 2.75) is 52.3 Å². The molecule has 134 valence electrons. The van der Waals surface area contributed by atoms with Gasteiger partial charge < -0.3 is 15.3 Å². The molecular formula is C17H24F2N2O3. The van der Waals surface area contributed by atoms with Gasteiger partial charge in [-0.05, 0) is 26.8 Å². The van der Waals surface area contributed by atoms with Crippen molar-refractivity contribution in [1.82, 2.24) is 10.2 Å². The second kappa shape index (κ2) is 8.73. The van der Waals surface area contributed by atoms with E-state index in [4.69, 9.17) is 0 Å². The highest BCUT2D eigenvalue weighted by Crippen LogP contribution is 2.22. The van der Waals surface area contributed by atoms with Crippen LogP contribution in [0.2, 0.25) is 0 Å². The fourth-order valence-corrected chi connectivity index (χ4v) is 2.45. The number of benzene rings is 1. The molecule has 0 aliphatic rings. The molecule has 5 nitrogen and oxygen atoms in total. The number of nitrogens with one attached hydrogen (secondary N) is 1. The van der Waals surface area contributed by atoms with Crippen LogP contribution < -0.4 is 5.32 Å². The summed E-state index contributed by atoms with van der Waals surface area (Å²) in [4.78, 5) is 25.4. The first-order valence-electron chi connectivity index (χ1n) is 7.81. The molecule has 1 aromatic rings. The standard InChI is InChI=1S/C17H24F2N2O3/c1-10(2)21(9-11(3)22)17(24)8-16(20-12(4)23)14-6-5-13(18)7-15(14)19/h5-7,10-11,16,22H,8-9H2,1-4H3,(H,20,23). The number of halogens is 2. The third-order valence-corrected chi connectivity index (χ3v) is 3.50. The van der Waals surface area contributed by atoms with Gasteiger partial charge in [0, 0.05) is 31.1 Å². The number of nitrogens with zero attached hydrogens (tertiary/aromatic N) is 1. The van der Waals surface area contributed by atoms with Crippen LogP contribution in [0, 0.1) is 11.6 Å². The zero-order valence-electron chi connectivity index (χ0n) is 14.3. The summed E-state index contributed by atoms with van der Waals surface area (Å²) < 4.78 is 27.1. The average Bonchev–Trinajstić information content (AvgIpc) is 2.42. The van der Waals surface area contributed by atoms with E-state index in [9.17, 15) is 23.5 Å². The Kier molecular flexibility index (Phi) is 7.28. The maximum absolute atomic E-state index is 14.0. The van der Waals surface area contributed by atoms with E-state index in [1.165, 1.54) is 17.9 Å². The molecule has 0 aliphatic carbocycles. The topological polar surface area (TPSA) is 69.6 Å². The maximum atomic E-state index is 14.0. The number of hydrogen-bond acceptors (Lipinski definition) is 3. The third-order valence-electron chi connectivity index (χ3n) is 3.50. The number of carbonyl (C=O) groups excluding carboxylic acids is 2. The molecular weight excluding hydrogens is 318 g/mol. The molecule has 1 rings (SSSR count). The smallest absolute Gasteiger partial charge is 0.225 e. The van der Waals surface area contributed by atoms with Gasteiger partial charge in [0.1, 0.15) is 11.6 Å². The van der Waals surface area contributed by atoms with Crippen molar-refractivity contribution in [2.24, 2.45) is 0 Å². The third kappa shape index (κ3) is 5.88. The first-order chi connectivity index (χ1) is 11.1. The predicted molar refractivity (Wildman–Crippen MR) is 86.1 cm³/mol. The summed E-state index contributed by atoms with van der Waals surface area (Å²) in [6.07, 6.45) is -0.898. The molecule has 0 spiro atoms. The van der Waals surface area contributed by atoms with Crippen LogP contribution >= 0.6 is 0 Å². The molecule has 2 amide bonds. The fraction of sp³-hybridized carbons (Fsp3) is 0.529. The Balaban J connectivity index is 3.04. The average molecular weight is 342 g/mol. The first kappa shape index (κ1) is 20.0. The molecule has 24 heavy (non-hydrogen) atoms. The molecule has 0 saturated carbocycles. The van der Waals surface area contributed by atoms with Gasteiger partial charge in [0.2, 0.25) is 11.8 Å². The van der Waals surface area contributed by atoms with Gasteiger partial charge in [-0.15, -0.1) is 0 Å². The van der Waals surface area contributed by atoms with Crippen LogP contribution in [0.3, 0.4) is 0 Å². The SMILES string of the molecule is CC(=O)NC(CC(=O)N(CC(C)O)C(C)C)c1ccc(F)cc1F. The van der Waals surface area contributed by atoms with Crippen molar-refractivity contribution in [2.75, 3.05) is 6.54 Å². The summed E-state index contributed by atoms with van der Waals surface area (Å²) in [6, 6.07) is 1.93. The van der Waals surface area contributed by atoms with Gasteiger partial charge >= 0.3 is 0 Å². The minimum Gasteiger partial charge on any atom is -0.392 e. The summed E-state index contributed by atoms with van der Waals surface area (Å²) in [7, 11) is 0. The Bertz CT molecular complexity index is 591. The summed E-state index contributed by atoms with van der Waals surface area (Å²) >= 11 is 0. The van der Waals surface area contributed by atoms with E-state index in [1.807, 2.05) is 0 Å². The molecule has 0 radical (unpaired) electrons. The Labute approximate surface area is 140 Å². The van der Waals surface area contributed by atoms with Gasteiger partial charge in [-0.25, -0.2) is 8.78 Å². The first-order valence-corrected chi connectivity index (χ1v) is 7.81. The second-order valence-corrected chi connectivity index (χ2v) is 6.11. The number of rotatable bonds is 7. The lowest BCUT2D eigenvalue weighted by Crippen LogP contribution is -2.43. The minimum absolute atomic E-state index is 0.0423. The normalized spacial score (nSPS) is 13.5. The number of aliphatic hydroxyl groups excluding tert-OH is 1. The van der Waals surface area contributed by atoms with E-state index < -0.39 is 29.7 Å². The van der Waals surface area contributed by atoms with E-state index >= 15 is 0 Å². The fourth-order valence-electron chi connectivity index (χ4n) is 2.45. The minimum atomic E-state index is -0.911. The van der Waals surface area contributed by atoms with Crippen LogP contribution in [-0.4, -0.2) is 40.5 Å². The lowest BCUT2D eigenvalue weighted by Gasteiger charge is -2.30. The van der Waals surface area contributed by atoms with Crippen LogP contribution in [0.1, 0.15) is 45.7 Å². The number of carbonyl (C=O) groups is 2. The molecule has 0 saturated heterocycles. The van der Waals surface area contributed by atoms with Crippen molar-refractivity contribution in [3.05, 3.63) is 35.4 Å². The molecule has 0 bridgehead atoms. The molecule has 0 aliphatic heterocycles. The predicted octanol–water partition coefficient (Wildman–Crippen LogP) is 2.15. The van der Waals surface area contributed by atoms with Crippen molar-refractivity contribution in [3.63, 3.8) is 0 Å². The highest BCUT2D eigenvalue weighted by molar-refractivity contribution is 5.79. The lowest BCUT2D eigenvalue weighted by atomic mass is 10.0. The molecule has 7 heteroatoms. The van der Waals surface area contributed by atoms with Crippen molar-refractivity contribution < 1.29 is 23.5 Å². The largest absolute Gasteiger partial charge is 0.392 e. The Morgan fingerprint density at radius 3 is 2.33 bits per heavy atom. The molecule has 0 heterocycles. The molecule has 0 fully saturated rings. The van der Waals surface area contributed by atoms with E-state index in [0.29, 0.717) is 6.07 Å². The highest BCUT2D eigenvalue weighted by atomic mass is 19.1. The monoisotopic (exact) mass is 342 g/mol. The summed E-state index contributed by atoms with van der Waals surface area (Å²) in [5.41, 5.74) is 0.0423. The van der Waals surface area contributed by atoms with E-state index in [0.717, 1.165) is 6.07 Å². The van der Waals surface area contributed by atoms with E-state index in [1.54, 1.807) is 20.8 Å². The number of aliphatic hydroxyl groups is 1. The van der Waals surface area contributed by atoms with Gasteiger partial charge in [-0.2, -0.15) is 0 Å². The molecule has 2 N–H and O–H groups in total. The maximum Gasteiger partial charge on any atom is 0.225 e. The Hall–Kier alpha value is -2.02. The molecule has 2 unspecified atom stereocenters. The van der Waals surface area contributed by atoms with Crippen LogP contribution in [-0.2, 0) is 9.59 Å². The van der Waals surface area contributed by atoms with Gasteiger partial charge in [0.25, 0.3) is 0 Å². The van der Waals surface area contributed by atoms with E-state index in [2.05, 4.69) is 5.32 Å². The van der Waals surface area contributed by atoms with Gasteiger partial charge in [-0.1, -0.05) is 6.07 Å². The van der Waals surface area contributed by atoms with Crippen molar-refractivity contribution in [1.29, 1.82) is 0 Å². The van der Waals surface area contributed by atoms with E-state index in [-0.39, 0.29) is 30.5 Å². The Morgan fingerprint density at radius 1 is 1.25 bits per heavy atom. The lowest BCUT2D eigenvalue weighted by molar-refractivity contribution is -0.135. The van der Waals surface area contributed by atoms with Crippen molar-refractivity contribution in [3.8, 4) is 0 Å².